The van der Waals surface area contributed by atoms with Gasteiger partial charge in [-0.2, -0.15) is 0 Å². The van der Waals surface area contributed by atoms with Crippen LogP contribution in [0, 0.1) is 0 Å². The van der Waals surface area contributed by atoms with Gasteiger partial charge in [-0.05, 0) is 12.1 Å². The van der Waals surface area contributed by atoms with E-state index in [1.54, 1.807) is 18.2 Å². The molecule has 0 radical (unpaired) electrons. The zero-order valence-corrected chi connectivity index (χ0v) is 11.1. The van der Waals surface area contributed by atoms with Crippen molar-refractivity contribution in [3.63, 3.8) is 0 Å². The van der Waals surface area contributed by atoms with Crippen LogP contribution in [-0.2, 0) is 9.53 Å². The second-order valence-electron chi connectivity index (χ2n) is 4.23. The van der Waals surface area contributed by atoms with Crippen molar-refractivity contribution in [1.82, 2.24) is 14.7 Å². The summed E-state index contributed by atoms with van der Waals surface area (Å²) in [5.41, 5.74) is -0.411. The maximum Gasteiger partial charge on any atom is 0.328 e. The monoisotopic (exact) mass is 291 g/mol. The summed E-state index contributed by atoms with van der Waals surface area (Å²) in [6, 6.07) is 3.72. The molecule has 110 valence electrons. The second-order valence-corrected chi connectivity index (χ2v) is 4.23. The summed E-state index contributed by atoms with van der Waals surface area (Å²) in [5, 5.41) is 11.2. The summed E-state index contributed by atoms with van der Waals surface area (Å²) in [7, 11) is 1.31. The number of aliphatic carboxylic acids is 1. The van der Waals surface area contributed by atoms with Gasteiger partial charge < -0.3 is 15.2 Å². The Morgan fingerprint density at radius 1 is 1.48 bits per heavy atom. The highest BCUT2D eigenvalue weighted by atomic mass is 16.5. The smallest absolute Gasteiger partial charge is 0.328 e. The van der Waals surface area contributed by atoms with Crippen LogP contribution in [0.3, 0.4) is 0 Å². The first kappa shape index (κ1) is 14.7. The fourth-order valence-corrected chi connectivity index (χ4v) is 1.76. The summed E-state index contributed by atoms with van der Waals surface area (Å²) in [4.78, 5) is 39.1. The molecule has 0 fully saturated rings. The number of aromatic nitrogens is 2. The number of fused-ring (bicyclic) bond motifs is 1. The molecule has 0 bridgehead atoms. The molecular weight excluding hydrogens is 278 g/mol. The molecule has 0 aliphatic rings. The van der Waals surface area contributed by atoms with Crippen LogP contribution in [-0.4, -0.2) is 46.1 Å². The molecule has 0 aliphatic carbocycles. The van der Waals surface area contributed by atoms with E-state index in [9.17, 15) is 14.4 Å². The van der Waals surface area contributed by atoms with Gasteiger partial charge in [0.05, 0.1) is 6.61 Å². The topological polar surface area (TPSA) is 110 Å². The number of amides is 1. The van der Waals surface area contributed by atoms with Crippen LogP contribution in [0.15, 0.2) is 35.4 Å². The summed E-state index contributed by atoms with van der Waals surface area (Å²) in [6.45, 7) is -0.205. The molecule has 0 saturated carbocycles. The van der Waals surface area contributed by atoms with E-state index in [0.29, 0.717) is 5.65 Å². The molecule has 8 heteroatoms. The number of nitrogens with zero attached hydrogens (tertiary/aromatic N) is 2. The lowest BCUT2D eigenvalue weighted by Crippen LogP contribution is -2.45. The van der Waals surface area contributed by atoms with Gasteiger partial charge in [-0.1, -0.05) is 6.07 Å². The highest BCUT2D eigenvalue weighted by Gasteiger charge is 2.22. The third-order valence-electron chi connectivity index (χ3n) is 2.79. The van der Waals surface area contributed by atoms with Crippen molar-refractivity contribution >= 4 is 17.5 Å². The highest BCUT2D eigenvalue weighted by molar-refractivity contribution is 5.96. The molecule has 0 saturated heterocycles. The fraction of sp³-hybridized carbons (Fsp3) is 0.231. The van der Waals surface area contributed by atoms with Gasteiger partial charge in [0.1, 0.15) is 11.2 Å². The maximum atomic E-state index is 12.2. The molecule has 2 aromatic rings. The van der Waals surface area contributed by atoms with Crippen LogP contribution >= 0.6 is 0 Å². The Hall–Kier alpha value is -2.74. The molecule has 2 rings (SSSR count). The Morgan fingerprint density at radius 3 is 2.90 bits per heavy atom. The van der Waals surface area contributed by atoms with Gasteiger partial charge in [0.2, 0.25) is 0 Å². The van der Waals surface area contributed by atoms with Gasteiger partial charge in [0.15, 0.2) is 6.04 Å². The van der Waals surface area contributed by atoms with Crippen molar-refractivity contribution in [3.05, 3.63) is 46.5 Å². The van der Waals surface area contributed by atoms with Crippen LogP contribution in [0.5, 0.6) is 0 Å². The number of carbonyl (C=O) groups is 2. The van der Waals surface area contributed by atoms with Crippen molar-refractivity contribution in [2.24, 2.45) is 0 Å². The van der Waals surface area contributed by atoms with Gasteiger partial charge >= 0.3 is 5.97 Å². The summed E-state index contributed by atoms with van der Waals surface area (Å²) in [6.07, 6.45) is 2.60. The van der Waals surface area contributed by atoms with E-state index in [2.05, 4.69) is 10.3 Å². The molecular formula is C13H13N3O5. The zero-order chi connectivity index (χ0) is 15.4. The molecule has 21 heavy (non-hydrogen) atoms. The first-order chi connectivity index (χ1) is 10.0. The van der Waals surface area contributed by atoms with E-state index in [4.69, 9.17) is 9.84 Å². The molecule has 0 spiro atoms. The van der Waals surface area contributed by atoms with Gasteiger partial charge in [-0.25, -0.2) is 9.78 Å². The van der Waals surface area contributed by atoms with E-state index in [1.165, 1.54) is 17.7 Å². The van der Waals surface area contributed by atoms with Crippen molar-refractivity contribution < 1.29 is 19.4 Å². The first-order valence-corrected chi connectivity index (χ1v) is 6.03. The van der Waals surface area contributed by atoms with Crippen LogP contribution in [0.1, 0.15) is 10.4 Å². The fourth-order valence-electron chi connectivity index (χ4n) is 1.76. The van der Waals surface area contributed by atoms with Crippen LogP contribution < -0.4 is 10.9 Å². The predicted octanol–water partition coefficient (Wildman–Crippen LogP) is -0.476. The molecule has 2 aromatic heterocycles. The Labute approximate surface area is 119 Å². The summed E-state index contributed by atoms with van der Waals surface area (Å²) >= 11 is 0. The number of hydrogen-bond acceptors (Lipinski definition) is 5. The lowest BCUT2D eigenvalue weighted by atomic mass is 10.2. The average molecular weight is 291 g/mol. The zero-order valence-electron chi connectivity index (χ0n) is 11.1. The highest BCUT2D eigenvalue weighted by Crippen LogP contribution is 1.98. The molecule has 2 N–H and O–H groups in total. The van der Waals surface area contributed by atoms with Crippen molar-refractivity contribution in [3.8, 4) is 0 Å². The third-order valence-corrected chi connectivity index (χ3v) is 2.79. The van der Waals surface area contributed by atoms with Crippen LogP contribution in [0.2, 0.25) is 0 Å². The van der Waals surface area contributed by atoms with E-state index < -0.39 is 23.5 Å². The Morgan fingerprint density at radius 2 is 2.24 bits per heavy atom. The number of pyridine rings is 1. The summed E-state index contributed by atoms with van der Waals surface area (Å²) < 4.78 is 5.92. The number of hydrogen-bond donors (Lipinski definition) is 2. The number of ether oxygens (including phenoxy) is 1. The van der Waals surface area contributed by atoms with Gasteiger partial charge in [-0.15, -0.1) is 0 Å². The molecule has 2 heterocycles. The lowest BCUT2D eigenvalue weighted by Gasteiger charge is -2.13. The first-order valence-electron chi connectivity index (χ1n) is 6.03. The number of nitrogens with one attached hydrogen (secondary N) is 1. The minimum Gasteiger partial charge on any atom is -0.480 e. The van der Waals surface area contributed by atoms with Gasteiger partial charge in [0, 0.05) is 19.5 Å². The number of rotatable bonds is 5. The van der Waals surface area contributed by atoms with Crippen molar-refractivity contribution in [2.75, 3.05) is 13.7 Å². The standard InChI is InChI=1S/C13H13N3O5/c1-21-7-9(13(19)20)15-11(17)8-6-14-10-4-2-3-5-16(10)12(8)18/h2-6,9H,7H2,1H3,(H,15,17)(H,19,20). The number of carbonyl (C=O) groups excluding carboxylic acids is 1. The Bertz CT molecular complexity index is 740. The molecule has 8 nitrogen and oxygen atoms in total. The Balaban J connectivity index is 2.33. The normalized spacial score (nSPS) is 12.0. The quantitative estimate of drug-likeness (QED) is 0.770. The second kappa shape index (κ2) is 6.14. The number of carboxylic acids is 1. The molecule has 0 aromatic carbocycles. The third kappa shape index (κ3) is 3.06. The number of methoxy groups -OCH3 is 1. The summed E-state index contributed by atoms with van der Waals surface area (Å²) in [5.74, 6) is -2.06. The maximum absolute atomic E-state index is 12.2. The van der Waals surface area contributed by atoms with E-state index in [1.807, 2.05) is 0 Å². The largest absolute Gasteiger partial charge is 0.480 e. The van der Waals surface area contributed by atoms with Crippen LogP contribution in [0.4, 0.5) is 0 Å². The SMILES string of the molecule is COCC(NC(=O)c1cnc2ccccn2c1=O)C(=O)O. The minimum absolute atomic E-state index is 0.205. The average Bonchev–Trinajstić information content (AvgIpc) is 2.47. The molecule has 0 aliphatic heterocycles. The van der Waals surface area contributed by atoms with Crippen molar-refractivity contribution in [1.29, 1.82) is 0 Å². The van der Waals surface area contributed by atoms with E-state index in [0.717, 1.165) is 6.20 Å². The predicted molar refractivity (Wildman–Crippen MR) is 72.2 cm³/mol. The van der Waals surface area contributed by atoms with Gasteiger partial charge in [0.25, 0.3) is 11.5 Å². The number of carboxylic acid groups (broad SMARTS) is 1. The molecule has 1 unspecified atom stereocenters. The van der Waals surface area contributed by atoms with Crippen molar-refractivity contribution in [2.45, 2.75) is 6.04 Å². The Kier molecular flexibility index (Phi) is 4.29. The lowest BCUT2D eigenvalue weighted by molar-refractivity contribution is -0.140. The van der Waals surface area contributed by atoms with E-state index in [-0.39, 0.29) is 12.2 Å². The minimum atomic E-state index is -1.25. The molecule has 1 amide bonds. The van der Waals surface area contributed by atoms with Gasteiger partial charge in [-0.3, -0.25) is 14.0 Å². The van der Waals surface area contributed by atoms with E-state index >= 15 is 0 Å². The van der Waals surface area contributed by atoms with Crippen LogP contribution in [0.25, 0.3) is 5.65 Å². The molecule has 1 atom stereocenters.